The molecule has 1 aliphatic rings. The lowest BCUT2D eigenvalue weighted by atomic mass is 10.1. The standard InChI is InChI=1S/C19H22N6O3/c1-23-5-7-24(8-6-23)14-4-3-12(18(22)26)9-15(14)25-11-13(10-20)16(21)17(25)19(27)28-2/h3-4,9,11H,5-8,21H2,1-2H3,(H2,22,26). The van der Waals surface area contributed by atoms with Crippen molar-refractivity contribution in [1.29, 1.82) is 5.26 Å². The Labute approximate surface area is 162 Å². The summed E-state index contributed by atoms with van der Waals surface area (Å²) in [5, 5.41) is 9.36. The van der Waals surface area contributed by atoms with Crippen molar-refractivity contribution in [3.05, 3.63) is 41.2 Å². The summed E-state index contributed by atoms with van der Waals surface area (Å²) in [5.74, 6) is -1.26. The van der Waals surface area contributed by atoms with E-state index in [1.165, 1.54) is 17.9 Å². The fraction of sp³-hybridized carbons (Fsp3) is 0.316. The van der Waals surface area contributed by atoms with Crippen molar-refractivity contribution in [3.63, 3.8) is 0 Å². The van der Waals surface area contributed by atoms with E-state index in [1.807, 2.05) is 6.07 Å². The number of nitrogen functional groups attached to an aromatic ring is 1. The molecule has 2 heterocycles. The van der Waals surface area contributed by atoms with Crippen LogP contribution in [0.5, 0.6) is 0 Å². The molecule has 1 saturated heterocycles. The number of amides is 1. The van der Waals surface area contributed by atoms with Gasteiger partial charge in [-0.15, -0.1) is 0 Å². The van der Waals surface area contributed by atoms with Crippen LogP contribution in [0, 0.1) is 11.3 Å². The predicted octanol–water partition coefficient (Wildman–Crippen LogP) is 0.568. The molecule has 0 bridgehead atoms. The van der Waals surface area contributed by atoms with Crippen LogP contribution in [0.4, 0.5) is 11.4 Å². The summed E-state index contributed by atoms with van der Waals surface area (Å²) in [5.41, 5.74) is 13.3. The normalized spacial score (nSPS) is 14.5. The number of hydrogen-bond acceptors (Lipinski definition) is 7. The van der Waals surface area contributed by atoms with Gasteiger partial charge < -0.3 is 30.6 Å². The first-order chi connectivity index (χ1) is 13.4. The maximum Gasteiger partial charge on any atom is 0.357 e. The molecule has 0 atom stereocenters. The lowest BCUT2D eigenvalue weighted by Crippen LogP contribution is -2.44. The highest BCUT2D eigenvalue weighted by molar-refractivity contribution is 5.97. The van der Waals surface area contributed by atoms with Gasteiger partial charge in [0, 0.05) is 37.9 Å². The number of nitrogens with zero attached hydrogens (tertiary/aromatic N) is 4. The molecule has 0 radical (unpaired) electrons. The number of hydrogen-bond donors (Lipinski definition) is 2. The number of nitrogens with two attached hydrogens (primary N) is 2. The van der Waals surface area contributed by atoms with Crippen LogP contribution in [0.1, 0.15) is 26.4 Å². The molecule has 0 unspecified atom stereocenters. The van der Waals surface area contributed by atoms with Crippen molar-refractivity contribution >= 4 is 23.3 Å². The molecule has 1 amide bonds. The summed E-state index contributed by atoms with van der Waals surface area (Å²) in [6, 6.07) is 7.03. The number of nitriles is 1. The molecule has 0 saturated carbocycles. The van der Waals surface area contributed by atoms with Gasteiger partial charge in [-0.25, -0.2) is 4.79 Å². The maximum atomic E-state index is 12.4. The molecule has 2 aromatic rings. The van der Waals surface area contributed by atoms with Crippen molar-refractivity contribution < 1.29 is 14.3 Å². The van der Waals surface area contributed by atoms with Gasteiger partial charge in [0.15, 0.2) is 5.69 Å². The average molecular weight is 382 g/mol. The summed E-state index contributed by atoms with van der Waals surface area (Å²) in [7, 11) is 3.29. The van der Waals surface area contributed by atoms with Gasteiger partial charge in [0.2, 0.25) is 5.91 Å². The van der Waals surface area contributed by atoms with Gasteiger partial charge >= 0.3 is 5.97 Å². The minimum absolute atomic E-state index is 0.0307. The Morgan fingerprint density at radius 3 is 2.43 bits per heavy atom. The van der Waals surface area contributed by atoms with Crippen LogP contribution in [0.3, 0.4) is 0 Å². The predicted molar refractivity (Wildman–Crippen MR) is 104 cm³/mol. The van der Waals surface area contributed by atoms with E-state index >= 15 is 0 Å². The Kier molecular flexibility index (Phi) is 5.24. The molecule has 1 fully saturated rings. The van der Waals surface area contributed by atoms with Gasteiger partial charge in [-0.1, -0.05) is 0 Å². The number of anilines is 2. The van der Waals surface area contributed by atoms with E-state index in [-0.39, 0.29) is 22.5 Å². The number of primary amides is 1. The average Bonchev–Trinajstić information content (AvgIpc) is 3.03. The van der Waals surface area contributed by atoms with E-state index < -0.39 is 11.9 Å². The lowest BCUT2D eigenvalue weighted by molar-refractivity contribution is 0.0593. The highest BCUT2D eigenvalue weighted by atomic mass is 16.5. The second-order valence-electron chi connectivity index (χ2n) is 6.64. The van der Waals surface area contributed by atoms with Crippen LogP contribution in [-0.2, 0) is 4.74 Å². The topological polar surface area (TPSA) is 131 Å². The van der Waals surface area contributed by atoms with Crippen molar-refractivity contribution in [1.82, 2.24) is 9.47 Å². The lowest BCUT2D eigenvalue weighted by Gasteiger charge is -2.35. The molecule has 1 aromatic carbocycles. The number of benzene rings is 1. The zero-order valence-electron chi connectivity index (χ0n) is 15.8. The molecule has 28 heavy (non-hydrogen) atoms. The molecule has 146 valence electrons. The quantitative estimate of drug-likeness (QED) is 0.739. The maximum absolute atomic E-state index is 12.4. The summed E-state index contributed by atoms with van der Waals surface area (Å²) in [6.45, 7) is 3.29. The zero-order valence-corrected chi connectivity index (χ0v) is 15.8. The summed E-state index contributed by atoms with van der Waals surface area (Å²) in [6.07, 6.45) is 1.47. The number of esters is 1. The Balaban J connectivity index is 2.22. The summed E-state index contributed by atoms with van der Waals surface area (Å²) in [4.78, 5) is 28.5. The van der Waals surface area contributed by atoms with E-state index in [2.05, 4.69) is 16.8 Å². The van der Waals surface area contributed by atoms with Gasteiger partial charge in [-0.05, 0) is 25.2 Å². The van der Waals surface area contributed by atoms with E-state index in [0.717, 1.165) is 31.9 Å². The number of rotatable bonds is 4. The highest BCUT2D eigenvalue weighted by Gasteiger charge is 2.25. The third-order valence-corrected chi connectivity index (χ3v) is 4.91. The smallest absolute Gasteiger partial charge is 0.357 e. The first-order valence-electron chi connectivity index (χ1n) is 8.74. The van der Waals surface area contributed by atoms with Crippen LogP contribution in [0.15, 0.2) is 24.4 Å². The fourth-order valence-corrected chi connectivity index (χ4v) is 3.29. The molecule has 9 heteroatoms. The Bertz CT molecular complexity index is 967. The Morgan fingerprint density at radius 2 is 1.86 bits per heavy atom. The Hall–Kier alpha value is -3.51. The first-order valence-corrected chi connectivity index (χ1v) is 8.74. The minimum Gasteiger partial charge on any atom is -0.464 e. The van der Waals surface area contributed by atoms with Crippen molar-refractivity contribution in [2.75, 3.05) is 51.0 Å². The summed E-state index contributed by atoms with van der Waals surface area (Å²) >= 11 is 0. The van der Waals surface area contributed by atoms with Crippen molar-refractivity contribution in [3.8, 4) is 11.8 Å². The van der Waals surface area contributed by atoms with Crippen LogP contribution < -0.4 is 16.4 Å². The van der Waals surface area contributed by atoms with E-state index in [9.17, 15) is 14.9 Å². The Morgan fingerprint density at radius 1 is 1.18 bits per heavy atom. The van der Waals surface area contributed by atoms with Gasteiger partial charge in [0.1, 0.15) is 6.07 Å². The SMILES string of the molecule is COC(=O)c1c(N)c(C#N)cn1-c1cc(C(N)=O)ccc1N1CCN(C)CC1. The third kappa shape index (κ3) is 3.37. The molecule has 0 aliphatic carbocycles. The molecular weight excluding hydrogens is 360 g/mol. The number of aromatic nitrogens is 1. The largest absolute Gasteiger partial charge is 0.464 e. The number of piperazine rings is 1. The number of carbonyl (C=O) groups is 2. The van der Waals surface area contributed by atoms with E-state index in [4.69, 9.17) is 16.2 Å². The molecule has 4 N–H and O–H groups in total. The van der Waals surface area contributed by atoms with Crippen molar-refractivity contribution in [2.24, 2.45) is 5.73 Å². The molecule has 0 spiro atoms. The highest BCUT2D eigenvalue weighted by Crippen LogP contribution is 2.32. The van der Waals surface area contributed by atoms with E-state index in [1.54, 1.807) is 18.2 Å². The zero-order chi connectivity index (χ0) is 20.4. The monoisotopic (exact) mass is 382 g/mol. The fourth-order valence-electron chi connectivity index (χ4n) is 3.29. The molecule has 1 aliphatic heterocycles. The van der Waals surface area contributed by atoms with Crippen LogP contribution in [0.25, 0.3) is 5.69 Å². The number of methoxy groups -OCH3 is 1. The van der Waals surface area contributed by atoms with Crippen LogP contribution >= 0.6 is 0 Å². The van der Waals surface area contributed by atoms with Gasteiger partial charge in [0.05, 0.1) is 29.7 Å². The summed E-state index contributed by atoms with van der Waals surface area (Å²) < 4.78 is 6.35. The number of likely N-dealkylation sites (N-methyl/N-ethyl adjacent to an activating group) is 1. The second kappa shape index (κ2) is 7.62. The van der Waals surface area contributed by atoms with E-state index in [0.29, 0.717) is 5.69 Å². The van der Waals surface area contributed by atoms with Gasteiger partial charge in [-0.2, -0.15) is 5.26 Å². The second-order valence-corrected chi connectivity index (χ2v) is 6.64. The first kappa shape index (κ1) is 19.3. The molecule has 3 rings (SSSR count). The van der Waals surface area contributed by atoms with Crippen molar-refractivity contribution in [2.45, 2.75) is 0 Å². The number of carbonyl (C=O) groups excluding carboxylic acids is 2. The van der Waals surface area contributed by atoms with Gasteiger partial charge in [0.25, 0.3) is 0 Å². The third-order valence-electron chi connectivity index (χ3n) is 4.91. The van der Waals surface area contributed by atoms with Crippen LogP contribution in [-0.4, -0.2) is 61.7 Å². The molecule has 1 aromatic heterocycles. The van der Waals surface area contributed by atoms with Gasteiger partial charge in [-0.3, -0.25) is 4.79 Å². The number of ether oxygens (including phenoxy) is 1. The molecular formula is C19H22N6O3. The molecule has 9 nitrogen and oxygen atoms in total. The van der Waals surface area contributed by atoms with Crippen LogP contribution in [0.2, 0.25) is 0 Å². The minimum atomic E-state index is -0.673.